The van der Waals surface area contributed by atoms with Crippen molar-refractivity contribution in [2.75, 3.05) is 26.2 Å². The van der Waals surface area contributed by atoms with Crippen molar-refractivity contribution in [3.8, 4) is 0 Å². The molecular formula is C23H26N4O3S. The minimum Gasteiger partial charge on any atom is -0.335 e. The second-order valence-electron chi connectivity index (χ2n) is 8.43. The zero-order valence-corrected chi connectivity index (χ0v) is 18.4. The van der Waals surface area contributed by atoms with Gasteiger partial charge >= 0.3 is 0 Å². The van der Waals surface area contributed by atoms with Crippen LogP contribution in [-0.2, 0) is 22.9 Å². The number of rotatable bonds is 3. The maximum absolute atomic E-state index is 13.2. The van der Waals surface area contributed by atoms with Gasteiger partial charge in [-0.25, -0.2) is 13.4 Å². The van der Waals surface area contributed by atoms with Gasteiger partial charge in [0, 0.05) is 38.6 Å². The fourth-order valence-electron chi connectivity index (χ4n) is 4.50. The lowest BCUT2D eigenvalue weighted by atomic mass is 9.92. The van der Waals surface area contributed by atoms with Crippen LogP contribution < -0.4 is 0 Å². The number of nitrogens with zero attached hydrogens (tertiary/aromatic N) is 4. The fourth-order valence-corrected chi connectivity index (χ4v) is 5.97. The third-order valence-corrected chi connectivity index (χ3v) is 8.21. The molecule has 0 unspecified atom stereocenters. The molecule has 7 nitrogen and oxygen atoms in total. The molecule has 1 fully saturated rings. The predicted molar refractivity (Wildman–Crippen MR) is 118 cm³/mol. The van der Waals surface area contributed by atoms with Crippen molar-refractivity contribution in [1.82, 2.24) is 18.6 Å². The molecule has 31 heavy (non-hydrogen) atoms. The highest BCUT2D eigenvalue weighted by Crippen LogP contribution is 2.26. The fraction of sp³-hybridized carbons (Fsp3) is 0.391. The average molecular weight is 439 g/mol. The number of piperazine rings is 1. The van der Waals surface area contributed by atoms with E-state index in [1.807, 2.05) is 41.8 Å². The molecule has 0 spiro atoms. The van der Waals surface area contributed by atoms with Crippen LogP contribution in [0.15, 0.2) is 47.6 Å². The Morgan fingerprint density at radius 3 is 2.48 bits per heavy atom. The molecular weight excluding hydrogens is 412 g/mol. The van der Waals surface area contributed by atoms with Crippen LogP contribution in [0.25, 0.3) is 5.65 Å². The molecule has 0 radical (unpaired) electrons. The molecule has 1 aliphatic heterocycles. The van der Waals surface area contributed by atoms with Gasteiger partial charge in [-0.2, -0.15) is 4.31 Å². The number of benzene rings is 1. The number of fused-ring (bicyclic) bond motifs is 2. The van der Waals surface area contributed by atoms with E-state index in [9.17, 15) is 13.2 Å². The number of pyridine rings is 1. The Balaban J connectivity index is 1.29. The smallest absolute Gasteiger partial charge is 0.274 e. The zero-order chi connectivity index (χ0) is 21.6. The Bertz CT molecular complexity index is 1260. The summed E-state index contributed by atoms with van der Waals surface area (Å²) in [5.74, 6) is -0.160. The van der Waals surface area contributed by atoms with E-state index < -0.39 is 10.0 Å². The van der Waals surface area contributed by atoms with E-state index in [1.54, 1.807) is 17.2 Å². The van der Waals surface area contributed by atoms with Gasteiger partial charge in [0.25, 0.3) is 5.91 Å². The molecule has 2 aromatic heterocycles. The number of hydrogen-bond acceptors (Lipinski definition) is 4. The summed E-state index contributed by atoms with van der Waals surface area (Å²) >= 11 is 0. The maximum atomic E-state index is 13.2. The van der Waals surface area contributed by atoms with Gasteiger partial charge in [-0.3, -0.25) is 4.79 Å². The van der Waals surface area contributed by atoms with Gasteiger partial charge in [-0.1, -0.05) is 6.07 Å². The van der Waals surface area contributed by atoms with Gasteiger partial charge in [-0.05, 0) is 73.6 Å². The Hall–Kier alpha value is -2.71. The lowest BCUT2D eigenvalue weighted by Gasteiger charge is -2.33. The predicted octanol–water partition coefficient (Wildman–Crippen LogP) is 2.67. The second kappa shape index (κ2) is 7.76. The average Bonchev–Trinajstić information content (AvgIpc) is 3.21. The van der Waals surface area contributed by atoms with Crippen LogP contribution in [0.5, 0.6) is 0 Å². The standard InChI is InChI=1S/C23H26N4O3S/c1-17-8-9-26-16-21(24-22(26)14-17)23(28)25-10-12-27(13-11-25)31(29,30)20-7-6-18-4-2-3-5-19(18)15-20/h6-9,14-16H,2-5,10-13H2,1H3. The maximum Gasteiger partial charge on any atom is 0.274 e. The van der Waals surface area contributed by atoms with Crippen molar-refractivity contribution in [2.24, 2.45) is 0 Å². The molecule has 1 aromatic carbocycles. The van der Waals surface area contributed by atoms with Crippen LogP contribution in [0, 0.1) is 6.92 Å². The first kappa shape index (κ1) is 20.2. The van der Waals surface area contributed by atoms with Crippen LogP contribution in [0.3, 0.4) is 0 Å². The number of amides is 1. The number of hydrogen-bond donors (Lipinski definition) is 0. The van der Waals surface area contributed by atoms with Gasteiger partial charge in [0.05, 0.1) is 4.90 Å². The van der Waals surface area contributed by atoms with E-state index in [4.69, 9.17) is 0 Å². The summed E-state index contributed by atoms with van der Waals surface area (Å²) in [7, 11) is -3.56. The van der Waals surface area contributed by atoms with Crippen LogP contribution in [-0.4, -0.2) is 59.1 Å². The number of aryl methyl sites for hydroxylation is 3. The lowest BCUT2D eigenvalue weighted by Crippen LogP contribution is -2.50. The van der Waals surface area contributed by atoms with Crippen molar-refractivity contribution >= 4 is 21.6 Å². The van der Waals surface area contributed by atoms with Gasteiger partial charge in [0.2, 0.25) is 10.0 Å². The number of carbonyl (C=O) groups is 1. The largest absolute Gasteiger partial charge is 0.335 e. The molecule has 0 atom stereocenters. The highest BCUT2D eigenvalue weighted by molar-refractivity contribution is 7.89. The second-order valence-corrected chi connectivity index (χ2v) is 10.4. The van der Waals surface area contributed by atoms with Crippen LogP contribution in [0.4, 0.5) is 0 Å². The van der Waals surface area contributed by atoms with Crippen molar-refractivity contribution in [2.45, 2.75) is 37.5 Å². The van der Waals surface area contributed by atoms with Crippen molar-refractivity contribution in [1.29, 1.82) is 0 Å². The topological polar surface area (TPSA) is 75.0 Å². The number of sulfonamides is 1. The third kappa shape index (κ3) is 3.74. The first-order valence-corrected chi connectivity index (χ1v) is 12.2. The summed E-state index contributed by atoms with van der Waals surface area (Å²) in [6.07, 6.45) is 7.87. The van der Waals surface area contributed by atoms with E-state index in [1.165, 1.54) is 16.3 Å². The van der Waals surface area contributed by atoms with E-state index in [2.05, 4.69) is 4.98 Å². The van der Waals surface area contributed by atoms with E-state index in [-0.39, 0.29) is 19.0 Å². The monoisotopic (exact) mass is 438 g/mol. The highest BCUT2D eigenvalue weighted by Gasteiger charge is 2.31. The van der Waals surface area contributed by atoms with E-state index in [0.29, 0.717) is 23.7 Å². The summed E-state index contributed by atoms with van der Waals surface area (Å²) in [6.45, 7) is 3.28. The van der Waals surface area contributed by atoms with Crippen LogP contribution >= 0.6 is 0 Å². The van der Waals surface area contributed by atoms with Crippen LogP contribution in [0.1, 0.15) is 40.0 Å². The number of imidazole rings is 1. The van der Waals surface area contributed by atoms with Crippen molar-refractivity contribution in [3.05, 3.63) is 65.1 Å². The summed E-state index contributed by atoms with van der Waals surface area (Å²) in [5.41, 5.74) is 4.62. The molecule has 1 aliphatic carbocycles. The molecule has 1 amide bonds. The molecule has 0 N–H and O–H groups in total. The van der Waals surface area contributed by atoms with E-state index >= 15 is 0 Å². The minimum absolute atomic E-state index is 0.160. The van der Waals surface area contributed by atoms with Crippen molar-refractivity contribution in [3.63, 3.8) is 0 Å². The summed E-state index contributed by atoms with van der Waals surface area (Å²) in [4.78, 5) is 19.4. The zero-order valence-electron chi connectivity index (χ0n) is 17.6. The number of carbonyl (C=O) groups excluding carboxylic acids is 1. The Kier molecular flexibility index (Phi) is 5.06. The molecule has 0 saturated carbocycles. The summed E-state index contributed by atoms with van der Waals surface area (Å²) < 4.78 is 29.7. The van der Waals surface area contributed by atoms with Crippen LogP contribution in [0.2, 0.25) is 0 Å². The summed E-state index contributed by atoms with van der Waals surface area (Å²) in [6, 6.07) is 9.44. The lowest BCUT2D eigenvalue weighted by molar-refractivity contribution is 0.0692. The Labute approximate surface area is 182 Å². The van der Waals surface area contributed by atoms with Gasteiger partial charge < -0.3 is 9.30 Å². The SMILES string of the molecule is Cc1ccn2cc(C(=O)N3CCN(S(=O)(=O)c4ccc5c(c4)CCCC5)CC3)nc2c1. The normalized spacial score (nSPS) is 17.6. The van der Waals surface area contributed by atoms with E-state index in [0.717, 1.165) is 36.0 Å². The molecule has 3 heterocycles. The molecule has 5 rings (SSSR count). The minimum atomic E-state index is -3.56. The van der Waals surface area contributed by atoms with Crippen molar-refractivity contribution < 1.29 is 13.2 Å². The molecule has 8 heteroatoms. The Morgan fingerprint density at radius 2 is 1.71 bits per heavy atom. The van der Waals surface area contributed by atoms with Gasteiger partial charge in [0.15, 0.2) is 0 Å². The molecule has 3 aromatic rings. The first-order chi connectivity index (χ1) is 14.9. The van der Waals surface area contributed by atoms with Gasteiger partial charge in [-0.15, -0.1) is 0 Å². The molecule has 2 aliphatic rings. The molecule has 0 bridgehead atoms. The molecule has 1 saturated heterocycles. The summed E-state index contributed by atoms with van der Waals surface area (Å²) in [5, 5.41) is 0. The highest BCUT2D eigenvalue weighted by atomic mass is 32.2. The number of aromatic nitrogens is 2. The third-order valence-electron chi connectivity index (χ3n) is 6.32. The Morgan fingerprint density at radius 1 is 0.968 bits per heavy atom. The first-order valence-electron chi connectivity index (χ1n) is 10.8. The quantitative estimate of drug-likeness (QED) is 0.630. The van der Waals surface area contributed by atoms with Gasteiger partial charge in [0.1, 0.15) is 11.3 Å². The molecule has 162 valence electrons.